The van der Waals surface area contributed by atoms with Gasteiger partial charge in [0.05, 0.1) is 19.8 Å². The number of amides is 2. The summed E-state index contributed by atoms with van der Waals surface area (Å²) in [6, 6.07) is 16.8. The second-order valence-corrected chi connectivity index (χ2v) is 10.1. The largest absolute Gasteiger partial charge is 0.379 e. The molecule has 2 amide bonds. The Bertz CT molecular complexity index is 1140. The molecule has 1 aliphatic rings. The van der Waals surface area contributed by atoms with E-state index >= 15 is 0 Å². The number of carbonyl (C=O) groups is 2. The van der Waals surface area contributed by atoms with E-state index in [1.54, 1.807) is 57.5 Å². The van der Waals surface area contributed by atoms with Crippen LogP contribution >= 0.6 is 22.9 Å². The molecule has 1 aliphatic heterocycles. The lowest BCUT2D eigenvalue weighted by Gasteiger charge is -2.31. The van der Waals surface area contributed by atoms with Gasteiger partial charge < -0.3 is 14.5 Å². The molecule has 36 heavy (non-hydrogen) atoms. The average Bonchev–Trinajstić information content (AvgIpc) is 3.41. The van der Waals surface area contributed by atoms with Gasteiger partial charge in [-0.3, -0.25) is 14.5 Å². The number of thiophene rings is 1. The maximum atomic E-state index is 13.6. The number of nitrogens with zero attached hydrogens (tertiary/aromatic N) is 3. The Balaban J connectivity index is 1.52. The van der Waals surface area contributed by atoms with Gasteiger partial charge >= 0.3 is 0 Å². The van der Waals surface area contributed by atoms with Crippen molar-refractivity contribution in [2.24, 2.45) is 0 Å². The van der Waals surface area contributed by atoms with E-state index in [1.165, 1.54) is 12.1 Å². The first-order valence-corrected chi connectivity index (χ1v) is 13.1. The Morgan fingerprint density at radius 1 is 1.00 bits per heavy atom. The maximum Gasteiger partial charge on any atom is 0.254 e. The quantitative estimate of drug-likeness (QED) is 0.387. The summed E-state index contributed by atoms with van der Waals surface area (Å²) in [5, 5.41) is 2.43. The fraction of sp³-hybridized carbons (Fsp3) is 0.333. The van der Waals surface area contributed by atoms with Crippen LogP contribution in [0, 0.1) is 5.82 Å². The molecule has 0 saturated carbocycles. The second-order valence-electron chi connectivity index (χ2n) is 8.65. The molecule has 0 aliphatic carbocycles. The molecule has 0 unspecified atom stereocenters. The summed E-state index contributed by atoms with van der Waals surface area (Å²) in [5.41, 5.74) is 1.27. The Kier molecular flexibility index (Phi) is 9.47. The van der Waals surface area contributed by atoms with Crippen molar-refractivity contribution in [1.29, 1.82) is 0 Å². The van der Waals surface area contributed by atoms with Crippen LogP contribution in [0.2, 0.25) is 5.02 Å². The topological polar surface area (TPSA) is 53.1 Å². The summed E-state index contributed by atoms with van der Waals surface area (Å²) in [7, 11) is 0. The molecule has 0 N–H and O–H groups in total. The van der Waals surface area contributed by atoms with E-state index in [1.807, 2.05) is 17.5 Å². The molecule has 1 saturated heterocycles. The van der Waals surface area contributed by atoms with Crippen molar-refractivity contribution in [3.63, 3.8) is 0 Å². The highest BCUT2D eigenvalue weighted by atomic mass is 35.5. The maximum absolute atomic E-state index is 13.6. The van der Waals surface area contributed by atoms with Gasteiger partial charge in [-0.25, -0.2) is 4.39 Å². The van der Waals surface area contributed by atoms with Gasteiger partial charge in [-0.1, -0.05) is 35.9 Å². The first kappa shape index (κ1) is 26.3. The molecule has 0 bridgehead atoms. The van der Waals surface area contributed by atoms with Gasteiger partial charge in [0.25, 0.3) is 5.91 Å². The average molecular weight is 530 g/mol. The molecule has 4 rings (SSSR count). The van der Waals surface area contributed by atoms with Crippen molar-refractivity contribution in [3.8, 4) is 0 Å². The zero-order chi connectivity index (χ0) is 25.3. The number of hydrogen-bond donors (Lipinski definition) is 0. The lowest BCUT2D eigenvalue weighted by atomic mass is 10.2. The molecule has 190 valence electrons. The van der Waals surface area contributed by atoms with E-state index in [0.29, 0.717) is 50.0 Å². The van der Waals surface area contributed by atoms with Crippen LogP contribution in [0.4, 0.5) is 4.39 Å². The number of morpholine rings is 1. The molecule has 0 spiro atoms. The van der Waals surface area contributed by atoms with E-state index in [2.05, 4.69) is 4.90 Å². The fourth-order valence-electron chi connectivity index (χ4n) is 4.04. The summed E-state index contributed by atoms with van der Waals surface area (Å²) < 4.78 is 18.9. The molecule has 0 radical (unpaired) electrons. The van der Waals surface area contributed by atoms with Crippen LogP contribution in [-0.4, -0.2) is 72.5 Å². The van der Waals surface area contributed by atoms with Gasteiger partial charge in [0.2, 0.25) is 5.91 Å². The zero-order valence-electron chi connectivity index (χ0n) is 19.9. The van der Waals surface area contributed by atoms with Crippen LogP contribution < -0.4 is 0 Å². The minimum atomic E-state index is -0.323. The normalized spacial score (nSPS) is 13.9. The summed E-state index contributed by atoms with van der Waals surface area (Å²) >= 11 is 7.70. The predicted molar refractivity (Wildman–Crippen MR) is 140 cm³/mol. The number of carbonyl (C=O) groups excluding carboxylic acids is 2. The Morgan fingerprint density at radius 3 is 2.47 bits per heavy atom. The lowest BCUT2D eigenvalue weighted by Crippen LogP contribution is -2.47. The molecule has 0 atom stereocenters. The number of halogens is 2. The smallest absolute Gasteiger partial charge is 0.254 e. The molecular weight excluding hydrogens is 501 g/mol. The molecule has 6 nitrogen and oxygen atoms in total. The summed E-state index contributed by atoms with van der Waals surface area (Å²) in [4.78, 5) is 33.6. The number of rotatable bonds is 10. The van der Waals surface area contributed by atoms with E-state index in [0.717, 1.165) is 23.5 Å². The van der Waals surface area contributed by atoms with E-state index in [9.17, 15) is 14.0 Å². The van der Waals surface area contributed by atoms with Gasteiger partial charge in [-0.05, 0) is 47.3 Å². The predicted octanol–water partition coefficient (Wildman–Crippen LogP) is 4.54. The summed E-state index contributed by atoms with van der Waals surface area (Å²) in [5.74, 6) is -0.738. The Morgan fingerprint density at radius 2 is 1.78 bits per heavy atom. The van der Waals surface area contributed by atoms with E-state index < -0.39 is 0 Å². The first-order chi connectivity index (χ1) is 17.5. The molecule has 2 heterocycles. The first-order valence-electron chi connectivity index (χ1n) is 11.9. The number of ether oxygens (including phenoxy) is 1. The standard InChI is InChI=1S/C27H29ClFN3O3S/c28-23-4-1-3-22(17-23)27(34)31(11-10-30-12-14-35-15-13-30)20-26(33)32(19-25-5-2-16-36-25)18-21-6-8-24(29)9-7-21/h1-9,16-17H,10-15,18-20H2. The minimum absolute atomic E-state index is 0.0672. The van der Waals surface area contributed by atoms with Crippen molar-refractivity contribution in [2.75, 3.05) is 45.9 Å². The van der Waals surface area contributed by atoms with Crippen molar-refractivity contribution in [1.82, 2.24) is 14.7 Å². The molecule has 2 aromatic carbocycles. The SMILES string of the molecule is O=C(CN(CCN1CCOCC1)C(=O)c1cccc(Cl)c1)N(Cc1ccc(F)cc1)Cc1cccs1. The van der Waals surface area contributed by atoms with Crippen molar-refractivity contribution in [2.45, 2.75) is 13.1 Å². The molecule has 1 fully saturated rings. The lowest BCUT2D eigenvalue weighted by molar-refractivity contribution is -0.133. The van der Waals surface area contributed by atoms with Crippen LogP contribution in [0.3, 0.4) is 0 Å². The molecule has 1 aromatic heterocycles. The highest BCUT2D eigenvalue weighted by Crippen LogP contribution is 2.17. The highest BCUT2D eigenvalue weighted by molar-refractivity contribution is 7.09. The van der Waals surface area contributed by atoms with Crippen LogP contribution in [0.25, 0.3) is 0 Å². The number of benzene rings is 2. The zero-order valence-corrected chi connectivity index (χ0v) is 21.5. The van der Waals surface area contributed by atoms with Gasteiger partial charge in [0.1, 0.15) is 12.4 Å². The van der Waals surface area contributed by atoms with Crippen LogP contribution in [0.1, 0.15) is 20.8 Å². The molecular formula is C27H29ClFN3O3S. The van der Waals surface area contributed by atoms with Crippen LogP contribution in [0.15, 0.2) is 66.0 Å². The van der Waals surface area contributed by atoms with Gasteiger partial charge in [0.15, 0.2) is 0 Å². The fourth-order valence-corrected chi connectivity index (χ4v) is 4.95. The number of hydrogen-bond acceptors (Lipinski definition) is 5. The van der Waals surface area contributed by atoms with Crippen LogP contribution in [-0.2, 0) is 22.6 Å². The van der Waals surface area contributed by atoms with Gasteiger partial charge in [-0.2, -0.15) is 0 Å². The van der Waals surface area contributed by atoms with Crippen molar-refractivity contribution in [3.05, 3.63) is 92.9 Å². The minimum Gasteiger partial charge on any atom is -0.379 e. The summed E-state index contributed by atoms with van der Waals surface area (Å²) in [6.45, 7) is 4.62. The third-order valence-corrected chi connectivity index (χ3v) is 7.14. The van der Waals surface area contributed by atoms with Crippen LogP contribution in [0.5, 0.6) is 0 Å². The molecule has 9 heteroatoms. The van der Waals surface area contributed by atoms with Gasteiger partial charge in [0, 0.05) is 48.2 Å². The summed E-state index contributed by atoms with van der Waals surface area (Å²) in [6.07, 6.45) is 0. The van der Waals surface area contributed by atoms with Crippen molar-refractivity contribution >= 4 is 34.8 Å². The van der Waals surface area contributed by atoms with E-state index in [-0.39, 0.29) is 24.2 Å². The third kappa shape index (κ3) is 7.61. The monoisotopic (exact) mass is 529 g/mol. The Hall–Kier alpha value is -2.78. The Labute approximate surface area is 219 Å². The third-order valence-electron chi connectivity index (χ3n) is 6.04. The van der Waals surface area contributed by atoms with Gasteiger partial charge in [-0.15, -0.1) is 11.3 Å². The molecule has 3 aromatic rings. The van der Waals surface area contributed by atoms with E-state index in [4.69, 9.17) is 16.3 Å². The second kappa shape index (κ2) is 13.0. The highest BCUT2D eigenvalue weighted by Gasteiger charge is 2.24. The van der Waals surface area contributed by atoms with Crippen molar-refractivity contribution < 1.29 is 18.7 Å².